The molecule has 1 aliphatic heterocycles. The normalized spacial score (nSPS) is 15.4. The molecule has 0 unspecified atom stereocenters. The maximum atomic E-state index is 12.0. The second kappa shape index (κ2) is 7.17. The number of anilines is 1. The molecule has 1 fully saturated rings. The maximum absolute atomic E-state index is 12.0. The topological polar surface area (TPSA) is 73.0 Å². The van der Waals surface area contributed by atoms with Gasteiger partial charge in [-0.1, -0.05) is 12.1 Å². The number of carbonyl (C=O) groups is 1. The Labute approximate surface area is 136 Å². The highest BCUT2D eigenvalue weighted by molar-refractivity contribution is 5.74. The lowest BCUT2D eigenvalue weighted by atomic mass is 10.1. The van der Waals surface area contributed by atoms with Crippen molar-refractivity contribution in [3.63, 3.8) is 0 Å². The van der Waals surface area contributed by atoms with Crippen molar-refractivity contribution in [2.45, 2.75) is 32.4 Å². The first-order chi connectivity index (χ1) is 11.2. The quantitative estimate of drug-likeness (QED) is 0.794. The van der Waals surface area contributed by atoms with Gasteiger partial charge in [0.05, 0.1) is 18.3 Å². The second-order valence-electron chi connectivity index (χ2n) is 5.92. The van der Waals surface area contributed by atoms with Crippen LogP contribution in [0.2, 0.25) is 0 Å². The van der Waals surface area contributed by atoms with Gasteiger partial charge in [-0.15, -0.1) is 0 Å². The predicted molar refractivity (Wildman–Crippen MR) is 90.3 cm³/mol. The van der Waals surface area contributed by atoms with E-state index in [2.05, 4.69) is 50.0 Å². The molecule has 6 nitrogen and oxygen atoms in total. The Morgan fingerprint density at radius 1 is 1.35 bits per heavy atom. The van der Waals surface area contributed by atoms with Crippen LogP contribution in [0.5, 0.6) is 0 Å². The highest BCUT2D eigenvalue weighted by atomic mass is 16.2. The number of H-pyrrole nitrogens is 1. The molecule has 3 rings (SSSR count). The van der Waals surface area contributed by atoms with Gasteiger partial charge in [-0.05, 0) is 43.5 Å². The molecule has 3 N–H and O–H groups in total. The SMILES string of the molecule is C[C@@H](NC(=O)NCc1ccn[nH]1)c1cccc(N2CCCC2)c1. The summed E-state index contributed by atoms with van der Waals surface area (Å²) in [5.41, 5.74) is 3.24. The molecular formula is C17H23N5O. The van der Waals surface area contributed by atoms with Crippen LogP contribution in [-0.4, -0.2) is 29.3 Å². The molecule has 0 spiro atoms. The summed E-state index contributed by atoms with van der Waals surface area (Å²) < 4.78 is 0. The number of amides is 2. The Morgan fingerprint density at radius 3 is 2.91 bits per heavy atom. The van der Waals surface area contributed by atoms with Crippen molar-refractivity contribution < 1.29 is 4.79 Å². The zero-order chi connectivity index (χ0) is 16.1. The molecule has 0 saturated carbocycles. The fraction of sp³-hybridized carbons (Fsp3) is 0.412. The van der Waals surface area contributed by atoms with Crippen LogP contribution in [0.1, 0.15) is 37.1 Å². The van der Waals surface area contributed by atoms with E-state index in [0.29, 0.717) is 6.54 Å². The maximum Gasteiger partial charge on any atom is 0.315 e. The molecule has 122 valence electrons. The minimum Gasteiger partial charge on any atom is -0.372 e. The molecule has 1 aromatic carbocycles. The standard InChI is InChI=1S/C17H23N5O/c1-13(20-17(23)18-12-15-7-8-19-21-15)14-5-4-6-16(11-14)22-9-2-3-10-22/h4-8,11,13H,2-3,9-10,12H2,1H3,(H,19,21)(H2,18,20,23)/t13-/m1/s1. The Hall–Kier alpha value is -2.50. The molecule has 23 heavy (non-hydrogen) atoms. The average molecular weight is 313 g/mol. The van der Waals surface area contributed by atoms with Gasteiger partial charge in [0, 0.05) is 25.0 Å². The first kappa shape index (κ1) is 15.4. The number of aromatic nitrogens is 2. The van der Waals surface area contributed by atoms with E-state index in [9.17, 15) is 4.79 Å². The Morgan fingerprint density at radius 2 is 2.17 bits per heavy atom. The third kappa shape index (κ3) is 4.03. The molecule has 0 bridgehead atoms. The van der Waals surface area contributed by atoms with E-state index in [1.54, 1.807) is 6.20 Å². The first-order valence-corrected chi connectivity index (χ1v) is 8.10. The van der Waals surface area contributed by atoms with Crippen molar-refractivity contribution >= 4 is 11.7 Å². The van der Waals surface area contributed by atoms with Gasteiger partial charge < -0.3 is 15.5 Å². The second-order valence-corrected chi connectivity index (χ2v) is 5.92. The van der Waals surface area contributed by atoms with Gasteiger partial charge in [-0.2, -0.15) is 5.10 Å². The zero-order valence-corrected chi connectivity index (χ0v) is 13.4. The minimum atomic E-state index is -0.182. The van der Waals surface area contributed by atoms with Crippen molar-refractivity contribution in [3.05, 3.63) is 47.8 Å². The van der Waals surface area contributed by atoms with Crippen LogP contribution in [0.3, 0.4) is 0 Å². The van der Waals surface area contributed by atoms with E-state index in [1.165, 1.54) is 18.5 Å². The third-order valence-corrected chi connectivity index (χ3v) is 4.19. The number of hydrogen-bond donors (Lipinski definition) is 3. The van der Waals surface area contributed by atoms with Gasteiger partial charge in [0.15, 0.2) is 0 Å². The fourth-order valence-corrected chi connectivity index (χ4v) is 2.86. The molecular weight excluding hydrogens is 290 g/mol. The molecule has 1 saturated heterocycles. The van der Waals surface area contributed by atoms with E-state index >= 15 is 0 Å². The molecule has 1 atom stereocenters. The highest BCUT2D eigenvalue weighted by Gasteiger charge is 2.14. The monoisotopic (exact) mass is 313 g/mol. The van der Waals surface area contributed by atoms with Crippen LogP contribution in [0.15, 0.2) is 36.5 Å². The lowest BCUT2D eigenvalue weighted by Crippen LogP contribution is -2.36. The summed E-state index contributed by atoms with van der Waals surface area (Å²) in [6.45, 7) is 4.68. The molecule has 2 aromatic rings. The van der Waals surface area contributed by atoms with Crippen LogP contribution in [0, 0.1) is 0 Å². The van der Waals surface area contributed by atoms with Gasteiger partial charge in [-0.25, -0.2) is 4.79 Å². The Balaban J connectivity index is 1.55. The summed E-state index contributed by atoms with van der Waals surface area (Å²) in [7, 11) is 0. The largest absolute Gasteiger partial charge is 0.372 e. The number of nitrogens with zero attached hydrogens (tertiary/aromatic N) is 2. The van der Waals surface area contributed by atoms with Crippen molar-refractivity contribution in [2.24, 2.45) is 0 Å². The summed E-state index contributed by atoms with van der Waals surface area (Å²) >= 11 is 0. The highest BCUT2D eigenvalue weighted by Crippen LogP contribution is 2.23. The lowest BCUT2D eigenvalue weighted by molar-refractivity contribution is 0.237. The van der Waals surface area contributed by atoms with Crippen molar-refractivity contribution in [3.8, 4) is 0 Å². The van der Waals surface area contributed by atoms with E-state index in [1.807, 2.05) is 13.0 Å². The van der Waals surface area contributed by atoms with E-state index < -0.39 is 0 Å². The molecule has 0 radical (unpaired) electrons. The number of rotatable bonds is 5. The van der Waals surface area contributed by atoms with Crippen molar-refractivity contribution in [1.29, 1.82) is 0 Å². The summed E-state index contributed by atoms with van der Waals surface area (Å²) in [5, 5.41) is 12.5. The Kier molecular flexibility index (Phi) is 4.80. The summed E-state index contributed by atoms with van der Waals surface area (Å²) in [6.07, 6.45) is 4.18. The minimum absolute atomic E-state index is 0.0423. The first-order valence-electron chi connectivity index (χ1n) is 8.10. The summed E-state index contributed by atoms with van der Waals surface area (Å²) in [6, 6.07) is 10.0. The molecule has 2 amide bonds. The summed E-state index contributed by atoms with van der Waals surface area (Å²) in [5.74, 6) is 0. The van der Waals surface area contributed by atoms with Crippen LogP contribution in [0.4, 0.5) is 10.5 Å². The van der Waals surface area contributed by atoms with Crippen LogP contribution >= 0.6 is 0 Å². The van der Waals surface area contributed by atoms with Gasteiger partial charge in [0.25, 0.3) is 0 Å². The van der Waals surface area contributed by atoms with Gasteiger partial charge in [0.2, 0.25) is 0 Å². The molecule has 1 aliphatic rings. The smallest absolute Gasteiger partial charge is 0.315 e. The average Bonchev–Trinajstić information content (AvgIpc) is 3.26. The summed E-state index contributed by atoms with van der Waals surface area (Å²) in [4.78, 5) is 14.4. The fourth-order valence-electron chi connectivity index (χ4n) is 2.86. The van der Waals surface area contributed by atoms with Gasteiger partial charge in [0.1, 0.15) is 0 Å². The van der Waals surface area contributed by atoms with Crippen molar-refractivity contribution in [1.82, 2.24) is 20.8 Å². The molecule has 0 aliphatic carbocycles. The van der Waals surface area contributed by atoms with E-state index in [4.69, 9.17) is 0 Å². The van der Waals surface area contributed by atoms with Crippen molar-refractivity contribution in [2.75, 3.05) is 18.0 Å². The van der Waals surface area contributed by atoms with Crippen LogP contribution in [-0.2, 0) is 6.54 Å². The molecule has 6 heteroatoms. The van der Waals surface area contributed by atoms with Crippen LogP contribution in [0.25, 0.3) is 0 Å². The van der Waals surface area contributed by atoms with Gasteiger partial charge in [-0.3, -0.25) is 5.10 Å². The number of benzene rings is 1. The number of nitrogens with one attached hydrogen (secondary N) is 3. The zero-order valence-electron chi connectivity index (χ0n) is 13.4. The van der Waals surface area contributed by atoms with E-state index in [-0.39, 0.29) is 12.1 Å². The number of carbonyl (C=O) groups excluding carboxylic acids is 1. The third-order valence-electron chi connectivity index (χ3n) is 4.19. The predicted octanol–water partition coefficient (Wildman–Crippen LogP) is 2.57. The number of urea groups is 1. The number of aromatic amines is 1. The Bertz CT molecular complexity index is 634. The van der Waals surface area contributed by atoms with Gasteiger partial charge >= 0.3 is 6.03 Å². The number of hydrogen-bond acceptors (Lipinski definition) is 3. The molecule has 2 heterocycles. The van der Waals surface area contributed by atoms with E-state index in [0.717, 1.165) is 24.3 Å². The lowest BCUT2D eigenvalue weighted by Gasteiger charge is -2.20. The van der Waals surface area contributed by atoms with Crippen LogP contribution < -0.4 is 15.5 Å². The molecule has 1 aromatic heterocycles.